The summed E-state index contributed by atoms with van der Waals surface area (Å²) in [7, 11) is 0. The van der Waals surface area contributed by atoms with Crippen LogP contribution in [0.1, 0.15) is 10.4 Å². The van der Waals surface area contributed by atoms with Crippen LogP contribution in [0.15, 0.2) is 83.6 Å². The smallest absolute Gasteiger partial charge is 0.256 e. The number of nitrogens with one attached hydrogen (secondary N) is 1. The molecule has 2 aromatic heterocycles. The first kappa shape index (κ1) is 15.6. The number of carbonyl (C=O) groups is 1. The van der Waals surface area contributed by atoms with E-state index in [9.17, 15) is 4.79 Å². The van der Waals surface area contributed by atoms with Gasteiger partial charge in [-0.2, -0.15) is 0 Å². The summed E-state index contributed by atoms with van der Waals surface area (Å²) in [5.74, 6) is -0.153. The van der Waals surface area contributed by atoms with Gasteiger partial charge in [-0.15, -0.1) is 0 Å². The third kappa shape index (κ3) is 3.19. The molecule has 4 rings (SSSR count). The first-order valence-corrected chi connectivity index (χ1v) is 8.60. The van der Waals surface area contributed by atoms with Crippen molar-refractivity contribution in [3.05, 3.63) is 89.2 Å². The molecule has 2 heterocycles. The van der Waals surface area contributed by atoms with Gasteiger partial charge in [0.2, 0.25) is 0 Å². The van der Waals surface area contributed by atoms with Gasteiger partial charge < -0.3 is 9.72 Å². The number of benzene rings is 2. The van der Waals surface area contributed by atoms with E-state index in [0.717, 1.165) is 27.1 Å². The first-order chi connectivity index (χ1) is 12.2. The highest BCUT2D eigenvalue weighted by Gasteiger charge is 2.10. The molecular formula is C20H14BrN3O. The second-order valence-corrected chi connectivity index (χ2v) is 6.46. The Kier molecular flexibility index (Phi) is 4.07. The van der Waals surface area contributed by atoms with Gasteiger partial charge in [0.15, 0.2) is 0 Å². The number of pyridine rings is 1. The Labute approximate surface area is 153 Å². The van der Waals surface area contributed by atoms with Crippen molar-refractivity contribution in [3.8, 4) is 11.3 Å². The second kappa shape index (κ2) is 6.53. The minimum Gasteiger partial charge on any atom is -0.322 e. The standard InChI is InChI=1S/C20H14BrN3O/c21-17-9-2-1-8-16(17)20(25)22-15-7-5-6-14(12-15)18-13-24-11-4-3-10-19(24)23-18/h1-13H,(H,22,25). The molecule has 0 spiro atoms. The molecule has 122 valence electrons. The first-order valence-electron chi connectivity index (χ1n) is 7.81. The number of nitrogens with zero attached hydrogens (tertiary/aromatic N) is 2. The predicted octanol–water partition coefficient (Wildman–Crippen LogP) is 5.02. The number of hydrogen-bond donors (Lipinski definition) is 1. The Balaban J connectivity index is 1.63. The van der Waals surface area contributed by atoms with E-state index < -0.39 is 0 Å². The number of fused-ring (bicyclic) bond motifs is 1. The highest BCUT2D eigenvalue weighted by molar-refractivity contribution is 9.10. The van der Waals surface area contributed by atoms with Crippen molar-refractivity contribution in [1.82, 2.24) is 9.38 Å². The van der Waals surface area contributed by atoms with Crippen LogP contribution >= 0.6 is 15.9 Å². The highest BCUT2D eigenvalue weighted by Crippen LogP contribution is 2.23. The number of anilines is 1. The van der Waals surface area contributed by atoms with Crippen molar-refractivity contribution < 1.29 is 4.79 Å². The van der Waals surface area contributed by atoms with Crippen LogP contribution in [0.4, 0.5) is 5.69 Å². The van der Waals surface area contributed by atoms with Crippen LogP contribution in [-0.4, -0.2) is 15.3 Å². The van der Waals surface area contributed by atoms with E-state index in [0.29, 0.717) is 5.56 Å². The van der Waals surface area contributed by atoms with Crippen LogP contribution in [0.25, 0.3) is 16.9 Å². The molecule has 25 heavy (non-hydrogen) atoms. The molecule has 4 nitrogen and oxygen atoms in total. The molecule has 4 aromatic rings. The Bertz CT molecular complexity index is 1040. The summed E-state index contributed by atoms with van der Waals surface area (Å²) < 4.78 is 2.74. The van der Waals surface area contributed by atoms with Gasteiger partial charge in [0.1, 0.15) is 5.65 Å². The average Bonchev–Trinajstić information content (AvgIpc) is 3.06. The van der Waals surface area contributed by atoms with Gasteiger partial charge in [-0.25, -0.2) is 4.98 Å². The summed E-state index contributed by atoms with van der Waals surface area (Å²) in [5.41, 5.74) is 4.04. The highest BCUT2D eigenvalue weighted by atomic mass is 79.9. The number of amides is 1. The molecule has 0 fully saturated rings. The lowest BCUT2D eigenvalue weighted by molar-refractivity contribution is 0.102. The minimum absolute atomic E-state index is 0.153. The summed E-state index contributed by atoms with van der Waals surface area (Å²) in [4.78, 5) is 17.1. The average molecular weight is 392 g/mol. The van der Waals surface area contributed by atoms with Crippen molar-refractivity contribution >= 4 is 33.2 Å². The van der Waals surface area contributed by atoms with E-state index in [4.69, 9.17) is 0 Å². The van der Waals surface area contributed by atoms with E-state index in [1.807, 2.05) is 77.5 Å². The molecule has 0 aliphatic heterocycles. The quantitative estimate of drug-likeness (QED) is 0.533. The molecule has 1 N–H and O–H groups in total. The van der Waals surface area contributed by atoms with Crippen LogP contribution < -0.4 is 5.32 Å². The van der Waals surface area contributed by atoms with Crippen LogP contribution in [-0.2, 0) is 0 Å². The number of halogens is 1. The minimum atomic E-state index is -0.153. The van der Waals surface area contributed by atoms with Crippen molar-refractivity contribution in [3.63, 3.8) is 0 Å². The van der Waals surface area contributed by atoms with E-state index in [2.05, 4.69) is 26.2 Å². The van der Waals surface area contributed by atoms with Gasteiger partial charge in [-0.05, 0) is 52.3 Å². The Hall–Kier alpha value is -2.92. The van der Waals surface area contributed by atoms with Gasteiger partial charge in [-0.3, -0.25) is 4.79 Å². The van der Waals surface area contributed by atoms with Crippen molar-refractivity contribution in [2.24, 2.45) is 0 Å². The largest absolute Gasteiger partial charge is 0.322 e. The Morgan fingerprint density at radius 1 is 1.00 bits per heavy atom. The van der Waals surface area contributed by atoms with Gasteiger partial charge in [0, 0.05) is 28.1 Å². The monoisotopic (exact) mass is 391 g/mol. The van der Waals surface area contributed by atoms with E-state index in [1.165, 1.54) is 0 Å². The van der Waals surface area contributed by atoms with Crippen LogP contribution in [0.5, 0.6) is 0 Å². The van der Waals surface area contributed by atoms with Gasteiger partial charge >= 0.3 is 0 Å². The van der Waals surface area contributed by atoms with E-state index in [1.54, 1.807) is 6.07 Å². The number of carbonyl (C=O) groups excluding carboxylic acids is 1. The van der Waals surface area contributed by atoms with Crippen molar-refractivity contribution in [2.75, 3.05) is 5.32 Å². The molecule has 5 heteroatoms. The lowest BCUT2D eigenvalue weighted by atomic mass is 10.1. The fourth-order valence-electron chi connectivity index (χ4n) is 2.67. The van der Waals surface area contributed by atoms with Crippen LogP contribution in [0, 0.1) is 0 Å². The molecule has 0 aliphatic rings. The fraction of sp³-hybridized carbons (Fsp3) is 0. The lowest BCUT2D eigenvalue weighted by Gasteiger charge is -2.08. The van der Waals surface area contributed by atoms with E-state index in [-0.39, 0.29) is 5.91 Å². The maximum Gasteiger partial charge on any atom is 0.256 e. The molecule has 0 bridgehead atoms. The fourth-order valence-corrected chi connectivity index (χ4v) is 3.14. The number of rotatable bonds is 3. The number of aromatic nitrogens is 2. The topological polar surface area (TPSA) is 46.4 Å². The zero-order valence-corrected chi connectivity index (χ0v) is 14.8. The SMILES string of the molecule is O=C(Nc1cccc(-c2cn3ccccc3n2)c1)c1ccccc1Br. The number of hydrogen-bond acceptors (Lipinski definition) is 2. The summed E-state index contributed by atoms with van der Waals surface area (Å²) in [5, 5.41) is 2.94. The van der Waals surface area contributed by atoms with Gasteiger partial charge in [0.05, 0.1) is 11.3 Å². The normalized spacial score (nSPS) is 10.8. The third-order valence-corrected chi connectivity index (χ3v) is 4.59. The number of imidazole rings is 1. The molecule has 2 aromatic carbocycles. The molecule has 0 atom stereocenters. The Morgan fingerprint density at radius 3 is 2.68 bits per heavy atom. The maximum atomic E-state index is 12.5. The van der Waals surface area contributed by atoms with Crippen LogP contribution in [0.3, 0.4) is 0 Å². The predicted molar refractivity (Wildman–Crippen MR) is 103 cm³/mol. The summed E-state index contributed by atoms with van der Waals surface area (Å²) in [6.45, 7) is 0. The molecular weight excluding hydrogens is 378 g/mol. The van der Waals surface area contributed by atoms with Crippen molar-refractivity contribution in [1.29, 1.82) is 0 Å². The molecule has 0 saturated heterocycles. The summed E-state index contributed by atoms with van der Waals surface area (Å²) in [6, 6.07) is 20.9. The molecule has 1 amide bonds. The molecule has 0 aliphatic carbocycles. The Morgan fingerprint density at radius 2 is 1.84 bits per heavy atom. The molecule has 0 unspecified atom stereocenters. The zero-order chi connectivity index (χ0) is 17.2. The summed E-state index contributed by atoms with van der Waals surface area (Å²) >= 11 is 3.41. The zero-order valence-electron chi connectivity index (χ0n) is 13.2. The van der Waals surface area contributed by atoms with Crippen LogP contribution in [0.2, 0.25) is 0 Å². The second-order valence-electron chi connectivity index (χ2n) is 5.61. The van der Waals surface area contributed by atoms with Gasteiger partial charge in [0.25, 0.3) is 5.91 Å². The molecule has 0 radical (unpaired) electrons. The lowest BCUT2D eigenvalue weighted by Crippen LogP contribution is -2.12. The maximum absolute atomic E-state index is 12.5. The van der Waals surface area contributed by atoms with Gasteiger partial charge in [-0.1, -0.05) is 30.3 Å². The molecule has 0 saturated carbocycles. The van der Waals surface area contributed by atoms with E-state index >= 15 is 0 Å². The third-order valence-electron chi connectivity index (χ3n) is 3.90. The van der Waals surface area contributed by atoms with Crippen molar-refractivity contribution in [2.45, 2.75) is 0 Å². The summed E-state index contributed by atoms with van der Waals surface area (Å²) in [6.07, 6.45) is 3.94.